The Labute approximate surface area is 171 Å². The van der Waals surface area contributed by atoms with Gasteiger partial charge in [0.15, 0.2) is 6.61 Å². The van der Waals surface area contributed by atoms with Crippen molar-refractivity contribution in [1.82, 2.24) is 5.32 Å². The Balaban J connectivity index is 1.93. The highest BCUT2D eigenvalue weighted by Crippen LogP contribution is 2.23. The van der Waals surface area contributed by atoms with E-state index in [2.05, 4.69) is 10.6 Å². The van der Waals surface area contributed by atoms with Crippen molar-refractivity contribution in [3.05, 3.63) is 46.8 Å². The number of amides is 3. The van der Waals surface area contributed by atoms with Crippen LogP contribution in [0.1, 0.15) is 35.3 Å². The molecule has 1 aromatic carbocycles. The van der Waals surface area contributed by atoms with Crippen molar-refractivity contribution in [3.63, 3.8) is 0 Å². The molecule has 3 amide bonds. The van der Waals surface area contributed by atoms with Crippen LogP contribution in [-0.2, 0) is 19.1 Å². The quantitative estimate of drug-likeness (QED) is 0.528. The van der Waals surface area contributed by atoms with E-state index in [1.807, 2.05) is 0 Å². The van der Waals surface area contributed by atoms with Gasteiger partial charge >= 0.3 is 5.97 Å². The number of hydrogen-bond acceptors (Lipinski definition) is 7. The van der Waals surface area contributed by atoms with E-state index < -0.39 is 30.4 Å². The van der Waals surface area contributed by atoms with Crippen LogP contribution in [-0.4, -0.2) is 37.4 Å². The zero-order chi connectivity index (χ0) is 21.4. The highest BCUT2D eigenvalue weighted by Gasteiger charge is 2.20. The predicted octanol–water partition coefficient (Wildman–Crippen LogP) is 1.60. The number of ether oxygens (including phenoxy) is 2. The topological polar surface area (TPSA) is 137 Å². The van der Waals surface area contributed by atoms with Crippen molar-refractivity contribution in [2.24, 2.45) is 5.73 Å². The van der Waals surface area contributed by atoms with Crippen LogP contribution < -0.4 is 21.1 Å². The average Bonchev–Trinajstić information content (AvgIpc) is 3.14. The summed E-state index contributed by atoms with van der Waals surface area (Å²) in [4.78, 5) is 46.9. The van der Waals surface area contributed by atoms with E-state index in [0.29, 0.717) is 11.3 Å². The fourth-order valence-electron chi connectivity index (χ4n) is 2.47. The van der Waals surface area contributed by atoms with Crippen LogP contribution in [0.25, 0.3) is 0 Å². The van der Waals surface area contributed by atoms with Gasteiger partial charge in [-0.1, -0.05) is 12.1 Å². The van der Waals surface area contributed by atoms with Crippen LogP contribution in [0, 0.1) is 0 Å². The van der Waals surface area contributed by atoms with Gasteiger partial charge in [0, 0.05) is 6.92 Å². The number of nitrogens with two attached hydrogens (primary N) is 1. The second-order valence-electron chi connectivity index (χ2n) is 5.97. The summed E-state index contributed by atoms with van der Waals surface area (Å²) in [6.07, 6.45) is -0.162. The zero-order valence-electron chi connectivity index (χ0n) is 15.9. The van der Waals surface area contributed by atoms with Crippen molar-refractivity contribution in [2.75, 3.05) is 19.0 Å². The molecular weight excluding hydrogens is 398 g/mol. The molecule has 0 aliphatic rings. The van der Waals surface area contributed by atoms with Crippen LogP contribution in [0.4, 0.5) is 5.00 Å². The highest BCUT2D eigenvalue weighted by molar-refractivity contribution is 7.14. The first kappa shape index (κ1) is 21.9. The monoisotopic (exact) mass is 419 g/mol. The highest BCUT2D eigenvalue weighted by atomic mass is 32.1. The molecule has 0 fully saturated rings. The van der Waals surface area contributed by atoms with Gasteiger partial charge in [0.05, 0.1) is 25.1 Å². The van der Waals surface area contributed by atoms with Crippen molar-refractivity contribution < 1.29 is 28.7 Å². The molecule has 0 saturated heterocycles. The number of nitrogens with one attached hydrogen (secondary N) is 2. The van der Waals surface area contributed by atoms with Gasteiger partial charge in [-0.15, -0.1) is 11.3 Å². The Kier molecular flexibility index (Phi) is 7.72. The van der Waals surface area contributed by atoms with Gasteiger partial charge in [-0.2, -0.15) is 0 Å². The molecule has 29 heavy (non-hydrogen) atoms. The fourth-order valence-corrected chi connectivity index (χ4v) is 3.28. The third-order valence-electron chi connectivity index (χ3n) is 3.81. The molecule has 2 aromatic rings. The molecule has 1 aromatic heterocycles. The Hall–Kier alpha value is -3.40. The van der Waals surface area contributed by atoms with Crippen LogP contribution in [0.15, 0.2) is 35.7 Å². The molecule has 0 aliphatic heterocycles. The Morgan fingerprint density at radius 3 is 2.41 bits per heavy atom. The molecule has 2 rings (SSSR count). The molecule has 0 unspecified atom stereocenters. The van der Waals surface area contributed by atoms with Crippen molar-refractivity contribution >= 4 is 40.0 Å². The van der Waals surface area contributed by atoms with Gasteiger partial charge < -0.3 is 25.8 Å². The second-order valence-corrected chi connectivity index (χ2v) is 6.88. The van der Waals surface area contributed by atoms with Crippen LogP contribution in [0.2, 0.25) is 0 Å². The summed E-state index contributed by atoms with van der Waals surface area (Å²) in [5.74, 6) is -1.62. The van der Waals surface area contributed by atoms with E-state index in [4.69, 9.17) is 15.2 Å². The molecule has 4 N–H and O–H groups in total. The van der Waals surface area contributed by atoms with Gasteiger partial charge in [-0.25, -0.2) is 0 Å². The molecule has 0 bridgehead atoms. The van der Waals surface area contributed by atoms with Gasteiger partial charge in [0.1, 0.15) is 10.8 Å². The lowest BCUT2D eigenvalue weighted by atomic mass is 10.0. The minimum Gasteiger partial charge on any atom is -0.497 e. The van der Waals surface area contributed by atoms with Gasteiger partial charge in [-0.3, -0.25) is 19.2 Å². The molecule has 0 spiro atoms. The lowest BCUT2D eigenvalue weighted by molar-refractivity contribution is -0.148. The first-order valence-corrected chi connectivity index (χ1v) is 9.42. The maximum atomic E-state index is 12.2. The molecule has 0 radical (unpaired) electrons. The minimum atomic E-state index is -0.670. The van der Waals surface area contributed by atoms with E-state index in [0.717, 1.165) is 11.3 Å². The number of anilines is 1. The Bertz CT molecular complexity index is 894. The van der Waals surface area contributed by atoms with Gasteiger partial charge in [0.2, 0.25) is 5.91 Å². The third kappa shape index (κ3) is 6.61. The molecule has 9 nitrogen and oxygen atoms in total. The van der Waals surface area contributed by atoms with E-state index in [-0.39, 0.29) is 22.9 Å². The van der Waals surface area contributed by atoms with Gasteiger partial charge in [-0.05, 0) is 29.1 Å². The third-order valence-corrected chi connectivity index (χ3v) is 4.64. The van der Waals surface area contributed by atoms with Crippen LogP contribution >= 0.6 is 11.3 Å². The number of hydrogen-bond donors (Lipinski definition) is 3. The maximum absolute atomic E-state index is 12.2. The summed E-state index contributed by atoms with van der Waals surface area (Å²) < 4.78 is 10.1. The standard InChI is InChI=1S/C19H21N3O6S/c1-11(23)21-15(12-3-5-13(27-2)6-4-12)9-17(25)28-10-16(24)22-19-14(18(20)26)7-8-29-19/h3-8,15H,9-10H2,1-2H3,(H2,20,26)(H,21,23)(H,22,24)/t15-/m0/s1. The summed E-state index contributed by atoms with van der Waals surface area (Å²) >= 11 is 1.13. The fraction of sp³-hybridized carbons (Fsp3) is 0.263. The number of primary amides is 1. The molecule has 154 valence electrons. The lowest BCUT2D eigenvalue weighted by Gasteiger charge is -2.18. The van der Waals surface area contributed by atoms with Crippen molar-refractivity contribution in [2.45, 2.75) is 19.4 Å². The van der Waals surface area contributed by atoms with E-state index in [9.17, 15) is 19.2 Å². The predicted molar refractivity (Wildman–Crippen MR) is 107 cm³/mol. The molecule has 1 atom stereocenters. The zero-order valence-corrected chi connectivity index (χ0v) is 16.7. The SMILES string of the molecule is COc1ccc([C@H](CC(=O)OCC(=O)Nc2sccc2C(N)=O)NC(C)=O)cc1. The average molecular weight is 419 g/mol. The van der Waals surface area contributed by atoms with Crippen LogP contribution in [0.5, 0.6) is 5.75 Å². The largest absolute Gasteiger partial charge is 0.497 e. The van der Waals surface area contributed by atoms with Gasteiger partial charge in [0.25, 0.3) is 11.8 Å². The summed E-state index contributed by atoms with van der Waals surface area (Å²) in [6, 6.07) is 7.73. The number of carbonyl (C=O) groups excluding carboxylic acids is 4. The minimum absolute atomic E-state index is 0.162. The number of rotatable bonds is 9. The Morgan fingerprint density at radius 1 is 1.14 bits per heavy atom. The molecule has 0 aliphatic carbocycles. The van der Waals surface area contributed by atoms with Crippen molar-refractivity contribution in [1.29, 1.82) is 0 Å². The number of esters is 1. The molecular formula is C19H21N3O6S. The summed E-state index contributed by atoms with van der Waals surface area (Å²) in [6.45, 7) is 0.803. The summed E-state index contributed by atoms with van der Waals surface area (Å²) in [5, 5.41) is 7.04. The van der Waals surface area contributed by atoms with E-state index in [1.54, 1.807) is 29.6 Å². The van der Waals surface area contributed by atoms with E-state index >= 15 is 0 Å². The Morgan fingerprint density at radius 2 is 1.83 bits per heavy atom. The molecule has 0 saturated carbocycles. The first-order chi connectivity index (χ1) is 13.8. The maximum Gasteiger partial charge on any atom is 0.308 e. The summed E-state index contributed by atoms with van der Waals surface area (Å²) in [5.41, 5.74) is 6.08. The normalized spacial score (nSPS) is 11.2. The van der Waals surface area contributed by atoms with Crippen LogP contribution in [0.3, 0.4) is 0 Å². The number of carbonyl (C=O) groups is 4. The number of benzene rings is 1. The smallest absolute Gasteiger partial charge is 0.308 e. The summed E-state index contributed by atoms with van der Waals surface area (Å²) in [7, 11) is 1.53. The molecule has 1 heterocycles. The lowest BCUT2D eigenvalue weighted by Crippen LogP contribution is -2.29. The number of methoxy groups -OCH3 is 1. The number of thiophene rings is 1. The first-order valence-electron chi connectivity index (χ1n) is 8.54. The van der Waals surface area contributed by atoms with Crippen molar-refractivity contribution in [3.8, 4) is 5.75 Å². The van der Waals surface area contributed by atoms with E-state index in [1.165, 1.54) is 20.1 Å². The second kappa shape index (κ2) is 10.2. The molecule has 10 heteroatoms.